The minimum absolute atomic E-state index is 0.358. The third kappa shape index (κ3) is 2.42. The van der Waals surface area contributed by atoms with Crippen LogP contribution in [0.4, 0.5) is 13.2 Å². The fourth-order valence-corrected chi connectivity index (χ4v) is 0.491. The second-order valence-electron chi connectivity index (χ2n) is 1.08. The van der Waals surface area contributed by atoms with Crippen molar-refractivity contribution >= 4 is 11.2 Å². The number of rotatable bonds is 1. The normalized spacial score (nSPS) is 16.1. The molecular weight excluding hydrogens is 141 g/mol. The molecule has 0 aliphatic heterocycles. The van der Waals surface area contributed by atoms with E-state index in [2.05, 4.69) is 0 Å². The molecule has 1 nitrogen and oxygen atoms in total. The number of halogens is 3. The molecule has 0 aliphatic carbocycles. The second kappa shape index (κ2) is 2.59. The van der Waals surface area contributed by atoms with Crippen molar-refractivity contribution in [1.82, 2.24) is 0 Å². The molecule has 0 spiro atoms. The van der Waals surface area contributed by atoms with Gasteiger partial charge in [0.25, 0.3) is 0 Å². The summed E-state index contributed by atoms with van der Waals surface area (Å²) in [4.78, 5) is 0. The lowest BCUT2D eigenvalue weighted by Crippen LogP contribution is -2.24. The predicted molar refractivity (Wildman–Crippen MR) is 24.7 cm³/mol. The van der Waals surface area contributed by atoms with Crippen LogP contribution in [0.2, 0.25) is 0 Å². The second-order valence-corrected chi connectivity index (χ2v) is 2.81. The van der Waals surface area contributed by atoms with Crippen LogP contribution < -0.4 is 0 Å². The molecule has 0 rings (SSSR count). The van der Waals surface area contributed by atoms with Crippen molar-refractivity contribution in [3.8, 4) is 0 Å². The maximum Gasteiger partial charge on any atom is 0.572 e. The van der Waals surface area contributed by atoms with E-state index in [9.17, 15) is 17.7 Å². The van der Waals surface area contributed by atoms with Crippen LogP contribution in [-0.2, 0) is 11.2 Å². The lowest BCUT2D eigenvalue weighted by Gasteiger charge is -2.08. The van der Waals surface area contributed by atoms with Crippen molar-refractivity contribution in [3.05, 3.63) is 0 Å². The molecule has 1 unspecified atom stereocenters. The van der Waals surface area contributed by atoms with E-state index in [0.717, 1.165) is 0 Å². The van der Waals surface area contributed by atoms with Crippen molar-refractivity contribution in [3.63, 3.8) is 0 Å². The van der Waals surface area contributed by atoms with Gasteiger partial charge < -0.3 is 4.55 Å². The highest BCUT2D eigenvalue weighted by molar-refractivity contribution is 7.92. The highest BCUT2D eigenvalue weighted by Gasteiger charge is 2.42. The quantitative estimate of drug-likeness (QED) is 0.511. The Kier molecular flexibility index (Phi) is 2.62. The van der Waals surface area contributed by atoms with Gasteiger partial charge in [-0.15, -0.1) is 13.2 Å². The van der Waals surface area contributed by atoms with Crippen LogP contribution in [0, 0.1) is 0 Å². The van der Waals surface area contributed by atoms with Gasteiger partial charge in [-0.3, -0.25) is 0 Å². The van der Waals surface area contributed by atoms with Crippen molar-refractivity contribution in [2.24, 2.45) is 0 Å². The van der Waals surface area contributed by atoms with Gasteiger partial charge >= 0.3 is 5.51 Å². The molecule has 0 N–H and O–H groups in total. The van der Waals surface area contributed by atoms with Gasteiger partial charge in [-0.05, 0) is 6.92 Å². The molecule has 5 heteroatoms. The zero-order valence-corrected chi connectivity index (χ0v) is 4.97. The smallest absolute Gasteiger partial charge is 0.572 e. The van der Waals surface area contributed by atoms with Crippen molar-refractivity contribution in [1.29, 1.82) is 0 Å². The van der Waals surface area contributed by atoms with E-state index >= 15 is 0 Å². The fourth-order valence-electron chi connectivity index (χ4n) is 0.164. The standard InChI is InChI=1S/C3H5F3OS/c1-2-8(7)3(4,5)6/h2H2,1H3. The summed E-state index contributed by atoms with van der Waals surface area (Å²) in [5, 5.41) is 0. The van der Waals surface area contributed by atoms with Gasteiger partial charge in [-0.1, -0.05) is 0 Å². The zero-order valence-electron chi connectivity index (χ0n) is 4.16. The third-order valence-corrected chi connectivity index (χ3v) is 1.56. The Morgan fingerprint density at radius 1 is 1.50 bits per heavy atom. The lowest BCUT2D eigenvalue weighted by molar-refractivity contribution is -0.0433. The first kappa shape index (κ1) is 8.10. The lowest BCUT2D eigenvalue weighted by atomic mass is 11.0. The molecule has 0 heterocycles. The highest BCUT2D eigenvalue weighted by Crippen LogP contribution is 2.22. The minimum Gasteiger partial charge on any atom is -0.609 e. The maximum atomic E-state index is 11.1. The largest absolute Gasteiger partial charge is 0.609 e. The topological polar surface area (TPSA) is 23.1 Å². The van der Waals surface area contributed by atoms with E-state index in [1.54, 1.807) is 0 Å². The van der Waals surface area contributed by atoms with E-state index in [0.29, 0.717) is 0 Å². The van der Waals surface area contributed by atoms with E-state index in [4.69, 9.17) is 0 Å². The summed E-state index contributed by atoms with van der Waals surface area (Å²) in [6, 6.07) is 0. The SMILES string of the molecule is CC[S+]([O-])C(F)(F)F. The first-order valence-corrected chi connectivity index (χ1v) is 3.25. The molecule has 0 fully saturated rings. The monoisotopic (exact) mass is 146 g/mol. The molecule has 50 valence electrons. The Bertz CT molecular complexity index is 71.4. The molecule has 0 saturated carbocycles. The van der Waals surface area contributed by atoms with Crippen LogP contribution in [0.1, 0.15) is 6.92 Å². The fraction of sp³-hybridized carbons (Fsp3) is 1.00. The molecule has 8 heavy (non-hydrogen) atoms. The summed E-state index contributed by atoms with van der Waals surface area (Å²) in [7, 11) is 0. The van der Waals surface area contributed by atoms with E-state index in [1.165, 1.54) is 6.92 Å². The molecule has 0 amide bonds. The number of hydrogen-bond donors (Lipinski definition) is 0. The van der Waals surface area contributed by atoms with E-state index < -0.39 is 16.7 Å². The number of hydrogen-bond acceptors (Lipinski definition) is 1. The average Bonchev–Trinajstić information content (AvgIpc) is 1.62. The Morgan fingerprint density at radius 2 is 1.88 bits per heavy atom. The van der Waals surface area contributed by atoms with Crippen LogP contribution in [0.5, 0.6) is 0 Å². The summed E-state index contributed by atoms with van der Waals surface area (Å²) in [6.45, 7) is 1.23. The average molecular weight is 146 g/mol. The summed E-state index contributed by atoms with van der Waals surface area (Å²) in [6.07, 6.45) is 0. The third-order valence-electron chi connectivity index (χ3n) is 0.520. The summed E-state index contributed by atoms with van der Waals surface area (Å²) < 4.78 is 43.3. The maximum absolute atomic E-state index is 11.1. The zero-order chi connectivity index (χ0) is 6.78. The predicted octanol–water partition coefficient (Wildman–Crippen LogP) is 1.27. The Balaban J connectivity index is 3.62. The molecule has 0 aromatic heterocycles. The Hall–Kier alpha value is 0.100. The van der Waals surface area contributed by atoms with Crippen LogP contribution in [0.3, 0.4) is 0 Å². The van der Waals surface area contributed by atoms with E-state index in [1.807, 2.05) is 0 Å². The highest BCUT2D eigenvalue weighted by atomic mass is 32.2. The van der Waals surface area contributed by atoms with Crippen LogP contribution >= 0.6 is 0 Å². The minimum atomic E-state index is -4.52. The van der Waals surface area contributed by atoms with Crippen molar-refractivity contribution in [2.75, 3.05) is 5.75 Å². The molecule has 0 aromatic rings. The first-order chi connectivity index (χ1) is 3.48. The van der Waals surface area contributed by atoms with Crippen LogP contribution in [0.25, 0.3) is 0 Å². The van der Waals surface area contributed by atoms with Gasteiger partial charge in [-0.25, -0.2) is 0 Å². The van der Waals surface area contributed by atoms with Crippen molar-refractivity contribution in [2.45, 2.75) is 12.4 Å². The molecule has 1 atom stereocenters. The molecule has 0 saturated heterocycles. The molecule has 0 aromatic carbocycles. The molecule has 0 aliphatic rings. The van der Waals surface area contributed by atoms with Crippen LogP contribution in [0.15, 0.2) is 0 Å². The van der Waals surface area contributed by atoms with Gasteiger partial charge in [0.15, 0.2) is 0 Å². The van der Waals surface area contributed by atoms with E-state index in [-0.39, 0.29) is 5.75 Å². The summed E-state index contributed by atoms with van der Waals surface area (Å²) in [5.41, 5.74) is -4.52. The van der Waals surface area contributed by atoms with Gasteiger partial charge in [0.2, 0.25) is 0 Å². The first-order valence-electron chi connectivity index (χ1n) is 1.93. The van der Waals surface area contributed by atoms with Crippen LogP contribution in [-0.4, -0.2) is 15.8 Å². The van der Waals surface area contributed by atoms with Gasteiger partial charge in [0.1, 0.15) is 5.75 Å². The van der Waals surface area contributed by atoms with Gasteiger partial charge in [0, 0.05) is 0 Å². The summed E-state index contributed by atoms with van der Waals surface area (Å²) >= 11 is -2.64. The Morgan fingerprint density at radius 3 is 1.88 bits per heavy atom. The number of alkyl halides is 3. The molecular formula is C3H5F3OS. The molecule has 0 radical (unpaired) electrons. The van der Waals surface area contributed by atoms with Crippen molar-refractivity contribution < 1.29 is 17.7 Å². The molecule has 0 bridgehead atoms. The van der Waals surface area contributed by atoms with Gasteiger partial charge in [-0.2, -0.15) is 0 Å². The van der Waals surface area contributed by atoms with Gasteiger partial charge in [0.05, 0.1) is 11.2 Å². The Labute approximate surface area is 48.1 Å². The summed E-state index contributed by atoms with van der Waals surface area (Å²) in [5.74, 6) is -0.358.